The number of benzene rings is 1. The van der Waals surface area contributed by atoms with E-state index < -0.39 is 0 Å². The van der Waals surface area contributed by atoms with Crippen molar-refractivity contribution < 1.29 is 14.0 Å². The number of hydrogen-bond acceptors (Lipinski definition) is 3. The fourth-order valence-electron chi connectivity index (χ4n) is 1.98. The number of nitrogens with one attached hydrogen (secondary N) is 2. The van der Waals surface area contributed by atoms with Gasteiger partial charge in [0.2, 0.25) is 0 Å². The van der Waals surface area contributed by atoms with E-state index in [-0.39, 0.29) is 17.5 Å². The van der Waals surface area contributed by atoms with Crippen LogP contribution in [-0.4, -0.2) is 18.4 Å². The molecule has 0 aliphatic heterocycles. The summed E-state index contributed by atoms with van der Waals surface area (Å²) in [4.78, 5) is 24.8. The third kappa shape index (κ3) is 5.23. The Morgan fingerprint density at radius 2 is 2.00 bits per heavy atom. The molecule has 1 heterocycles. The van der Waals surface area contributed by atoms with Gasteiger partial charge in [0.25, 0.3) is 11.8 Å². The van der Waals surface area contributed by atoms with E-state index in [1.54, 1.807) is 24.3 Å². The summed E-state index contributed by atoms with van der Waals surface area (Å²) in [5.74, 6) is -0.165. The summed E-state index contributed by atoms with van der Waals surface area (Å²) in [6.07, 6.45) is 4.89. The number of carbonyl (C=O) groups is 2. The number of halogens is 1. The maximum atomic E-state index is 12.5. The standard InChI is InChI=1S/C18H19IN2O3/c1-2-3-10-20-18(23)16(12-13-7-6-11-24-13)21-17(22)14-8-4-5-9-15(14)19/h4-9,11-12H,2-3,10H2,1H3,(H,20,23)(H,21,22)/b16-12-. The van der Waals surface area contributed by atoms with Crippen LogP contribution in [0.3, 0.4) is 0 Å². The van der Waals surface area contributed by atoms with Crippen molar-refractivity contribution in [2.45, 2.75) is 19.8 Å². The molecule has 0 spiro atoms. The quantitative estimate of drug-likeness (QED) is 0.395. The molecule has 6 heteroatoms. The molecule has 0 unspecified atom stereocenters. The van der Waals surface area contributed by atoms with Gasteiger partial charge in [-0.2, -0.15) is 0 Å². The Hall–Kier alpha value is -2.09. The van der Waals surface area contributed by atoms with Crippen LogP contribution < -0.4 is 10.6 Å². The fourth-order valence-corrected chi connectivity index (χ4v) is 2.62. The second-order valence-electron chi connectivity index (χ2n) is 5.12. The average Bonchev–Trinajstić information content (AvgIpc) is 3.07. The summed E-state index contributed by atoms with van der Waals surface area (Å²) >= 11 is 2.09. The van der Waals surface area contributed by atoms with Gasteiger partial charge in [0.1, 0.15) is 11.5 Å². The van der Waals surface area contributed by atoms with Crippen molar-refractivity contribution in [2.24, 2.45) is 0 Å². The van der Waals surface area contributed by atoms with Crippen LogP contribution in [0.25, 0.3) is 6.08 Å². The maximum Gasteiger partial charge on any atom is 0.267 e. The molecule has 126 valence electrons. The summed E-state index contributed by atoms with van der Waals surface area (Å²) in [6.45, 7) is 2.61. The fraction of sp³-hybridized carbons (Fsp3) is 0.222. The molecule has 0 atom stereocenters. The van der Waals surface area contributed by atoms with Crippen LogP contribution in [0.4, 0.5) is 0 Å². The zero-order valence-electron chi connectivity index (χ0n) is 13.3. The molecule has 2 aromatic rings. The van der Waals surface area contributed by atoms with Crippen molar-refractivity contribution in [3.8, 4) is 0 Å². The summed E-state index contributed by atoms with van der Waals surface area (Å²) in [5.41, 5.74) is 0.676. The minimum Gasteiger partial charge on any atom is -0.465 e. The van der Waals surface area contributed by atoms with Crippen molar-refractivity contribution in [1.29, 1.82) is 0 Å². The first-order valence-electron chi connectivity index (χ1n) is 7.71. The van der Waals surface area contributed by atoms with E-state index in [2.05, 4.69) is 33.2 Å². The summed E-state index contributed by atoms with van der Waals surface area (Å²) in [6, 6.07) is 10.6. The highest BCUT2D eigenvalue weighted by Crippen LogP contribution is 2.13. The highest BCUT2D eigenvalue weighted by molar-refractivity contribution is 14.1. The van der Waals surface area contributed by atoms with Gasteiger partial charge in [0.15, 0.2) is 0 Å². The highest BCUT2D eigenvalue weighted by atomic mass is 127. The monoisotopic (exact) mass is 438 g/mol. The molecule has 2 amide bonds. The molecular formula is C18H19IN2O3. The Balaban J connectivity index is 2.18. The van der Waals surface area contributed by atoms with E-state index in [0.717, 1.165) is 16.4 Å². The van der Waals surface area contributed by atoms with Crippen LogP contribution in [0.2, 0.25) is 0 Å². The second-order valence-corrected chi connectivity index (χ2v) is 6.28. The van der Waals surface area contributed by atoms with Crippen molar-refractivity contribution in [3.05, 3.63) is 63.3 Å². The lowest BCUT2D eigenvalue weighted by Gasteiger charge is -2.11. The molecule has 0 radical (unpaired) electrons. The lowest BCUT2D eigenvalue weighted by atomic mass is 10.2. The molecule has 0 bridgehead atoms. The van der Waals surface area contributed by atoms with Gasteiger partial charge in [-0.3, -0.25) is 9.59 Å². The Morgan fingerprint density at radius 1 is 1.21 bits per heavy atom. The predicted molar refractivity (Wildman–Crippen MR) is 101 cm³/mol. The molecule has 1 aromatic heterocycles. The molecule has 0 saturated carbocycles. The summed E-state index contributed by atoms with van der Waals surface area (Å²) in [7, 11) is 0. The zero-order chi connectivity index (χ0) is 17.4. The Kier molecular flexibility index (Phi) is 7.05. The van der Waals surface area contributed by atoms with Crippen molar-refractivity contribution in [3.63, 3.8) is 0 Å². The van der Waals surface area contributed by atoms with Gasteiger partial charge < -0.3 is 15.1 Å². The van der Waals surface area contributed by atoms with E-state index in [1.165, 1.54) is 12.3 Å². The minimum absolute atomic E-state index is 0.158. The molecule has 0 fully saturated rings. The van der Waals surface area contributed by atoms with E-state index in [9.17, 15) is 9.59 Å². The van der Waals surface area contributed by atoms with Crippen molar-refractivity contribution in [1.82, 2.24) is 10.6 Å². The Bertz CT molecular complexity index is 724. The van der Waals surface area contributed by atoms with Gasteiger partial charge in [0.05, 0.1) is 11.8 Å². The van der Waals surface area contributed by atoms with Crippen LogP contribution in [0.15, 0.2) is 52.8 Å². The molecule has 0 aliphatic rings. The summed E-state index contributed by atoms with van der Waals surface area (Å²) < 4.78 is 6.06. The van der Waals surface area contributed by atoms with Gasteiger partial charge in [-0.05, 0) is 53.3 Å². The van der Waals surface area contributed by atoms with Gasteiger partial charge >= 0.3 is 0 Å². The molecule has 0 saturated heterocycles. The SMILES string of the molecule is CCCCNC(=O)/C(=C/c1ccco1)NC(=O)c1ccccc1I. The van der Waals surface area contributed by atoms with Crippen LogP contribution in [0.5, 0.6) is 0 Å². The third-order valence-corrected chi connectivity index (χ3v) is 4.20. The Morgan fingerprint density at radius 3 is 2.67 bits per heavy atom. The lowest BCUT2D eigenvalue weighted by molar-refractivity contribution is -0.117. The second kappa shape index (κ2) is 9.27. The van der Waals surface area contributed by atoms with Crippen LogP contribution >= 0.6 is 22.6 Å². The van der Waals surface area contributed by atoms with Crippen molar-refractivity contribution >= 4 is 40.5 Å². The first kappa shape index (κ1) is 18.3. The van der Waals surface area contributed by atoms with Gasteiger partial charge in [0, 0.05) is 16.2 Å². The molecule has 2 N–H and O–H groups in total. The van der Waals surface area contributed by atoms with Crippen molar-refractivity contribution in [2.75, 3.05) is 6.54 Å². The van der Waals surface area contributed by atoms with Gasteiger partial charge in [-0.15, -0.1) is 0 Å². The number of carbonyl (C=O) groups excluding carboxylic acids is 2. The Labute approximate surface area is 154 Å². The number of unbranched alkanes of at least 4 members (excludes halogenated alkanes) is 1. The number of furan rings is 1. The third-order valence-electron chi connectivity index (χ3n) is 3.26. The van der Waals surface area contributed by atoms with E-state index in [0.29, 0.717) is 17.9 Å². The maximum absolute atomic E-state index is 12.5. The topological polar surface area (TPSA) is 71.3 Å². The number of amides is 2. The highest BCUT2D eigenvalue weighted by Gasteiger charge is 2.16. The average molecular weight is 438 g/mol. The van der Waals surface area contributed by atoms with Crippen LogP contribution in [0.1, 0.15) is 35.9 Å². The molecule has 1 aromatic carbocycles. The van der Waals surface area contributed by atoms with Gasteiger partial charge in [-0.1, -0.05) is 25.5 Å². The molecule has 5 nitrogen and oxygen atoms in total. The van der Waals surface area contributed by atoms with Crippen LogP contribution in [-0.2, 0) is 4.79 Å². The lowest BCUT2D eigenvalue weighted by Crippen LogP contribution is -2.35. The first-order chi connectivity index (χ1) is 11.6. The summed E-state index contributed by atoms with van der Waals surface area (Å²) in [5, 5.41) is 5.49. The molecular weight excluding hydrogens is 419 g/mol. The predicted octanol–water partition coefficient (Wildman–Crippen LogP) is 3.57. The number of hydrogen-bond donors (Lipinski definition) is 2. The van der Waals surface area contributed by atoms with Crippen LogP contribution in [0, 0.1) is 3.57 Å². The minimum atomic E-state index is -0.334. The first-order valence-corrected chi connectivity index (χ1v) is 8.79. The molecule has 24 heavy (non-hydrogen) atoms. The van der Waals surface area contributed by atoms with E-state index in [1.807, 2.05) is 19.1 Å². The molecule has 0 aliphatic carbocycles. The zero-order valence-corrected chi connectivity index (χ0v) is 15.5. The molecule has 2 rings (SSSR count). The number of rotatable bonds is 7. The smallest absolute Gasteiger partial charge is 0.267 e. The normalized spacial score (nSPS) is 11.2. The van der Waals surface area contributed by atoms with E-state index in [4.69, 9.17) is 4.42 Å². The van der Waals surface area contributed by atoms with E-state index >= 15 is 0 Å². The largest absolute Gasteiger partial charge is 0.465 e. The van der Waals surface area contributed by atoms with Gasteiger partial charge in [-0.25, -0.2) is 0 Å².